The number of sulfonamides is 1. The maximum atomic E-state index is 12.8. The lowest BCUT2D eigenvalue weighted by Gasteiger charge is -2.27. The van der Waals surface area contributed by atoms with Crippen LogP contribution in [0.15, 0.2) is 29.4 Å². The van der Waals surface area contributed by atoms with Gasteiger partial charge in [-0.05, 0) is 37.1 Å². The number of fused-ring (bicyclic) bond motifs is 1. The van der Waals surface area contributed by atoms with Gasteiger partial charge in [-0.1, -0.05) is 0 Å². The number of benzene rings is 1. The highest BCUT2D eigenvalue weighted by atomic mass is 32.2. The van der Waals surface area contributed by atoms with Crippen molar-refractivity contribution < 1.29 is 13.2 Å². The maximum absolute atomic E-state index is 12.8. The summed E-state index contributed by atoms with van der Waals surface area (Å²) in [5, 5.41) is 4.04. The lowest BCUT2D eigenvalue weighted by molar-refractivity contribution is 0.411. The van der Waals surface area contributed by atoms with Gasteiger partial charge in [0.15, 0.2) is 0 Å². The minimum Gasteiger partial charge on any atom is -0.496 e. The smallest absolute Gasteiger partial charge is 0.266 e. The lowest BCUT2D eigenvalue weighted by Crippen LogP contribution is -2.38. The third kappa shape index (κ3) is 2.25. The number of methoxy groups -OCH3 is 1. The number of nitrogens with zero attached hydrogens (tertiary/aromatic N) is 4. The van der Waals surface area contributed by atoms with Crippen molar-refractivity contribution in [1.82, 2.24) is 14.8 Å². The lowest BCUT2D eigenvalue weighted by atomic mass is 10.2. The molecule has 0 N–H and O–H groups in total. The summed E-state index contributed by atoms with van der Waals surface area (Å²) in [6.45, 7) is 2.91. The monoisotopic (exact) mass is 308 g/mol. The molecule has 1 aromatic carbocycles. The first-order valence-electron chi connectivity index (χ1n) is 6.59. The summed E-state index contributed by atoms with van der Waals surface area (Å²) >= 11 is 0. The zero-order chi connectivity index (χ0) is 15.0. The number of anilines is 1. The Kier molecular flexibility index (Phi) is 3.32. The van der Waals surface area contributed by atoms with Crippen molar-refractivity contribution >= 4 is 16.0 Å². The fourth-order valence-corrected chi connectivity index (χ4v) is 3.99. The van der Waals surface area contributed by atoms with Crippen molar-refractivity contribution in [3.05, 3.63) is 30.1 Å². The summed E-state index contributed by atoms with van der Waals surface area (Å²) in [6, 6.07) is 4.83. The molecule has 2 heterocycles. The summed E-state index contributed by atoms with van der Waals surface area (Å²) in [6.07, 6.45) is 2.09. The van der Waals surface area contributed by atoms with Gasteiger partial charge in [-0.3, -0.25) is 0 Å². The van der Waals surface area contributed by atoms with E-state index in [0.717, 1.165) is 5.56 Å². The van der Waals surface area contributed by atoms with Crippen LogP contribution in [-0.4, -0.2) is 36.8 Å². The average Bonchev–Trinajstić information content (AvgIpc) is 2.95. The molecule has 3 rings (SSSR count). The van der Waals surface area contributed by atoms with Gasteiger partial charge < -0.3 is 4.74 Å². The second-order valence-electron chi connectivity index (χ2n) is 4.85. The molecule has 1 aliphatic heterocycles. The van der Waals surface area contributed by atoms with Crippen LogP contribution in [-0.2, 0) is 16.6 Å². The third-order valence-electron chi connectivity index (χ3n) is 3.50. The first kappa shape index (κ1) is 13.9. The van der Waals surface area contributed by atoms with Gasteiger partial charge in [0.25, 0.3) is 10.0 Å². The highest BCUT2D eigenvalue weighted by Crippen LogP contribution is 2.28. The van der Waals surface area contributed by atoms with Crippen LogP contribution in [0.3, 0.4) is 0 Å². The second-order valence-corrected chi connectivity index (χ2v) is 6.71. The van der Waals surface area contributed by atoms with Crippen LogP contribution in [0.5, 0.6) is 5.75 Å². The van der Waals surface area contributed by atoms with Gasteiger partial charge in [-0.15, -0.1) is 0 Å². The van der Waals surface area contributed by atoms with E-state index >= 15 is 0 Å². The van der Waals surface area contributed by atoms with Gasteiger partial charge in [-0.25, -0.2) is 17.4 Å². The van der Waals surface area contributed by atoms with Gasteiger partial charge in [-0.2, -0.15) is 10.1 Å². The Labute approximate surface area is 123 Å². The van der Waals surface area contributed by atoms with Crippen molar-refractivity contribution in [2.45, 2.75) is 24.8 Å². The predicted molar refractivity (Wildman–Crippen MR) is 76.9 cm³/mol. The molecule has 0 atom stereocenters. The Balaban J connectivity index is 2.04. The van der Waals surface area contributed by atoms with Gasteiger partial charge in [0.2, 0.25) is 5.95 Å². The predicted octanol–water partition coefficient (Wildman–Crippen LogP) is 1.19. The maximum Gasteiger partial charge on any atom is 0.266 e. The van der Waals surface area contributed by atoms with Crippen LogP contribution in [0.1, 0.15) is 12.0 Å². The Morgan fingerprint density at radius 2 is 2.10 bits per heavy atom. The summed E-state index contributed by atoms with van der Waals surface area (Å²) in [5.74, 6) is 1.03. The van der Waals surface area contributed by atoms with Crippen LogP contribution in [0, 0.1) is 6.92 Å². The SMILES string of the molecule is COc1ccc(S(=O)(=O)N2CCCn3ncnc32)cc1C. The van der Waals surface area contributed by atoms with Gasteiger partial charge in [0, 0.05) is 13.1 Å². The molecule has 0 unspecified atom stereocenters. The van der Waals surface area contributed by atoms with E-state index in [1.807, 2.05) is 6.92 Å². The van der Waals surface area contributed by atoms with E-state index in [1.54, 1.807) is 30.0 Å². The van der Waals surface area contributed by atoms with E-state index < -0.39 is 10.0 Å². The largest absolute Gasteiger partial charge is 0.496 e. The van der Waals surface area contributed by atoms with E-state index in [0.29, 0.717) is 31.2 Å². The Hall–Kier alpha value is -2.09. The molecule has 1 aliphatic rings. The molecule has 7 nitrogen and oxygen atoms in total. The highest BCUT2D eigenvalue weighted by molar-refractivity contribution is 7.92. The standard InChI is InChI=1S/C13H16N4O3S/c1-10-8-11(4-5-12(10)20-2)21(18,19)17-7-3-6-16-13(17)14-9-15-16/h4-5,8-9H,3,6-7H2,1-2H3. The number of rotatable bonds is 3. The number of hydrogen-bond donors (Lipinski definition) is 0. The summed E-state index contributed by atoms with van der Waals surface area (Å²) in [5.41, 5.74) is 0.775. The molecule has 112 valence electrons. The first-order valence-corrected chi connectivity index (χ1v) is 8.03. The summed E-state index contributed by atoms with van der Waals surface area (Å²) in [7, 11) is -2.08. The van der Waals surface area contributed by atoms with Crippen molar-refractivity contribution in [1.29, 1.82) is 0 Å². The van der Waals surface area contributed by atoms with Crippen LogP contribution >= 0.6 is 0 Å². The van der Waals surface area contributed by atoms with E-state index in [-0.39, 0.29) is 4.90 Å². The van der Waals surface area contributed by atoms with Crippen LogP contribution in [0.2, 0.25) is 0 Å². The van der Waals surface area contributed by atoms with Crippen LogP contribution < -0.4 is 9.04 Å². The molecule has 2 aromatic rings. The van der Waals surface area contributed by atoms with Crippen molar-refractivity contribution in [3.8, 4) is 5.75 Å². The fourth-order valence-electron chi connectivity index (χ4n) is 2.44. The zero-order valence-electron chi connectivity index (χ0n) is 11.9. The molecule has 0 bridgehead atoms. The minimum absolute atomic E-state index is 0.234. The Bertz CT molecular complexity index is 769. The molecule has 21 heavy (non-hydrogen) atoms. The van der Waals surface area contributed by atoms with Gasteiger partial charge >= 0.3 is 0 Å². The normalized spacial score (nSPS) is 14.9. The van der Waals surface area contributed by atoms with Crippen molar-refractivity contribution in [2.75, 3.05) is 18.0 Å². The van der Waals surface area contributed by atoms with Gasteiger partial charge in [0.05, 0.1) is 12.0 Å². The molecule has 0 aliphatic carbocycles. The molecule has 0 spiro atoms. The van der Waals surface area contributed by atoms with E-state index in [9.17, 15) is 8.42 Å². The fraction of sp³-hybridized carbons (Fsp3) is 0.385. The molecule has 1 aromatic heterocycles. The highest BCUT2D eigenvalue weighted by Gasteiger charge is 2.31. The molecular weight excluding hydrogens is 292 g/mol. The molecular formula is C13H16N4O3S. The van der Waals surface area contributed by atoms with E-state index in [1.165, 1.54) is 10.6 Å². The molecule has 0 fully saturated rings. The van der Waals surface area contributed by atoms with E-state index in [2.05, 4.69) is 10.1 Å². The Morgan fingerprint density at radius 3 is 2.81 bits per heavy atom. The summed E-state index contributed by atoms with van der Waals surface area (Å²) < 4.78 is 33.7. The van der Waals surface area contributed by atoms with Crippen molar-refractivity contribution in [3.63, 3.8) is 0 Å². The Morgan fingerprint density at radius 1 is 1.29 bits per heavy atom. The molecule has 0 amide bonds. The van der Waals surface area contributed by atoms with Gasteiger partial charge in [0.1, 0.15) is 12.1 Å². The zero-order valence-corrected chi connectivity index (χ0v) is 12.7. The minimum atomic E-state index is -3.64. The molecule has 0 saturated heterocycles. The van der Waals surface area contributed by atoms with E-state index in [4.69, 9.17) is 4.74 Å². The topological polar surface area (TPSA) is 77.3 Å². The number of ether oxygens (including phenoxy) is 1. The molecule has 8 heteroatoms. The van der Waals surface area contributed by atoms with Crippen LogP contribution in [0.25, 0.3) is 0 Å². The molecule has 0 radical (unpaired) electrons. The molecule has 0 saturated carbocycles. The number of hydrogen-bond acceptors (Lipinski definition) is 5. The number of aryl methyl sites for hydroxylation is 2. The van der Waals surface area contributed by atoms with Crippen molar-refractivity contribution in [2.24, 2.45) is 0 Å². The second kappa shape index (κ2) is 5.03. The quantitative estimate of drug-likeness (QED) is 0.851. The van der Waals surface area contributed by atoms with Crippen LogP contribution in [0.4, 0.5) is 5.95 Å². The average molecular weight is 308 g/mol. The number of aromatic nitrogens is 3. The summed E-state index contributed by atoms with van der Waals surface area (Å²) in [4.78, 5) is 4.29. The third-order valence-corrected chi connectivity index (χ3v) is 5.28. The first-order chi connectivity index (χ1) is 10.0.